The van der Waals surface area contributed by atoms with Gasteiger partial charge in [-0.3, -0.25) is 14.7 Å². The van der Waals surface area contributed by atoms with E-state index in [2.05, 4.69) is 45.5 Å². The Morgan fingerprint density at radius 1 is 1.07 bits per heavy atom. The summed E-state index contributed by atoms with van der Waals surface area (Å²) in [4.78, 5) is 19.5. The lowest BCUT2D eigenvalue weighted by molar-refractivity contribution is 0.0943. The predicted octanol–water partition coefficient (Wildman–Crippen LogP) is 3.44. The fourth-order valence-electron chi connectivity index (χ4n) is 3.68. The Labute approximate surface area is 170 Å². The molecule has 1 aliphatic rings. The molecule has 5 heteroatoms. The van der Waals surface area contributed by atoms with E-state index in [1.54, 1.807) is 18.3 Å². The molecule has 5 nitrogen and oxygen atoms in total. The van der Waals surface area contributed by atoms with Crippen LogP contribution in [0.1, 0.15) is 38.3 Å². The van der Waals surface area contributed by atoms with Gasteiger partial charge in [0.1, 0.15) is 5.69 Å². The number of nitrogens with zero attached hydrogens (tertiary/aromatic N) is 3. The van der Waals surface area contributed by atoms with Crippen molar-refractivity contribution in [3.8, 4) is 6.07 Å². The first-order valence-corrected chi connectivity index (χ1v) is 9.73. The zero-order valence-corrected chi connectivity index (χ0v) is 16.1. The summed E-state index contributed by atoms with van der Waals surface area (Å²) in [7, 11) is 0. The fourth-order valence-corrected chi connectivity index (χ4v) is 3.68. The molecule has 0 radical (unpaired) electrons. The molecule has 0 unspecified atom stereocenters. The summed E-state index contributed by atoms with van der Waals surface area (Å²) in [5.41, 5.74) is 5.61. The number of nitriles is 1. The molecule has 1 N–H and O–H groups in total. The first-order chi connectivity index (χ1) is 14.2. The maximum absolute atomic E-state index is 12.7. The van der Waals surface area contributed by atoms with Crippen molar-refractivity contribution in [1.29, 1.82) is 5.26 Å². The van der Waals surface area contributed by atoms with Crippen molar-refractivity contribution in [2.75, 3.05) is 6.54 Å². The van der Waals surface area contributed by atoms with E-state index in [0.29, 0.717) is 17.8 Å². The number of benzene rings is 2. The number of hydrogen-bond donors (Lipinski definition) is 1. The third-order valence-electron chi connectivity index (χ3n) is 5.22. The standard InChI is InChI=1S/C24H22N4O/c25-14-18-6-8-19(9-7-18)15-27-24(29)23-22-11-13-28(17-21(22)10-12-26-23)16-20-4-2-1-3-5-20/h1-10,12H,11,13,15-17H2,(H,27,29). The van der Waals surface area contributed by atoms with Crippen LogP contribution in [0.25, 0.3) is 0 Å². The van der Waals surface area contributed by atoms with Crippen LogP contribution >= 0.6 is 0 Å². The van der Waals surface area contributed by atoms with Crippen molar-refractivity contribution >= 4 is 5.91 Å². The van der Waals surface area contributed by atoms with Gasteiger partial charge in [-0.2, -0.15) is 5.26 Å². The lowest BCUT2D eigenvalue weighted by Gasteiger charge is -2.29. The largest absolute Gasteiger partial charge is 0.347 e. The van der Waals surface area contributed by atoms with Gasteiger partial charge in [0.2, 0.25) is 0 Å². The number of rotatable bonds is 5. The zero-order valence-electron chi connectivity index (χ0n) is 16.1. The van der Waals surface area contributed by atoms with Crippen LogP contribution in [0.3, 0.4) is 0 Å². The van der Waals surface area contributed by atoms with Crippen LogP contribution in [0.15, 0.2) is 66.9 Å². The Hall–Kier alpha value is -3.49. The molecule has 0 bridgehead atoms. The number of nitrogens with one attached hydrogen (secondary N) is 1. The number of pyridine rings is 1. The molecule has 3 aromatic rings. The van der Waals surface area contributed by atoms with Crippen LogP contribution in [0.2, 0.25) is 0 Å². The second-order valence-electron chi connectivity index (χ2n) is 7.23. The summed E-state index contributed by atoms with van der Waals surface area (Å²) in [6.07, 6.45) is 2.54. The van der Waals surface area contributed by atoms with Crippen LogP contribution in [0, 0.1) is 11.3 Å². The minimum atomic E-state index is -0.150. The van der Waals surface area contributed by atoms with Gasteiger partial charge in [-0.05, 0) is 46.9 Å². The van der Waals surface area contributed by atoms with E-state index in [0.717, 1.165) is 37.2 Å². The molecule has 0 fully saturated rings. The molecule has 144 valence electrons. The summed E-state index contributed by atoms with van der Waals surface area (Å²) in [5, 5.41) is 11.8. The average Bonchev–Trinajstić information content (AvgIpc) is 2.78. The van der Waals surface area contributed by atoms with E-state index in [1.807, 2.05) is 24.3 Å². The lowest BCUT2D eigenvalue weighted by atomic mass is 9.97. The maximum Gasteiger partial charge on any atom is 0.270 e. The zero-order chi connectivity index (χ0) is 20.1. The molecule has 0 aliphatic carbocycles. The Bertz CT molecular complexity index is 1040. The normalized spacial score (nSPS) is 13.3. The lowest BCUT2D eigenvalue weighted by Crippen LogP contribution is -2.33. The van der Waals surface area contributed by atoms with E-state index in [9.17, 15) is 4.79 Å². The summed E-state index contributed by atoms with van der Waals surface area (Å²) in [6.45, 7) is 3.05. The minimum absolute atomic E-state index is 0.150. The summed E-state index contributed by atoms with van der Waals surface area (Å²) < 4.78 is 0. The van der Waals surface area contributed by atoms with Gasteiger partial charge in [0.05, 0.1) is 11.6 Å². The Balaban J connectivity index is 1.42. The van der Waals surface area contributed by atoms with Crippen molar-refractivity contribution in [1.82, 2.24) is 15.2 Å². The predicted molar refractivity (Wildman–Crippen MR) is 111 cm³/mol. The van der Waals surface area contributed by atoms with Gasteiger partial charge < -0.3 is 5.32 Å². The second kappa shape index (κ2) is 8.68. The first-order valence-electron chi connectivity index (χ1n) is 9.73. The quantitative estimate of drug-likeness (QED) is 0.734. The van der Waals surface area contributed by atoms with Gasteiger partial charge >= 0.3 is 0 Å². The summed E-state index contributed by atoms with van der Waals surface area (Å²) in [5.74, 6) is -0.150. The van der Waals surface area contributed by atoms with Crippen LogP contribution < -0.4 is 5.32 Å². The number of carbonyl (C=O) groups is 1. The van der Waals surface area contributed by atoms with E-state index in [1.165, 1.54) is 11.1 Å². The third-order valence-corrected chi connectivity index (χ3v) is 5.22. The molecule has 2 heterocycles. The molecular weight excluding hydrogens is 360 g/mol. The fraction of sp³-hybridized carbons (Fsp3) is 0.208. The molecule has 0 spiro atoms. The molecule has 0 saturated carbocycles. The minimum Gasteiger partial charge on any atom is -0.347 e. The molecule has 1 aliphatic heterocycles. The van der Waals surface area contributed by atoms with E-state index in [4.69, 9.17) is 5.26 Å². The number of aromatic nitrogens is 1. The number of carbonyl (C=O) groups excluding carboxylic acids is 1. The number of fused-ring (bicyclic) bond motifs is 1. The molecule has 1 amide bonds. The highest BCUT2D eigenvalue weighted by atomic mass is 16.1. The SMILES string of the molecule is N#Cc1ccc(CNC(=O)c2nccc3c2CCN(Cc2ccccc2)C3)cc1. The number of hydrogen-bond acceptors (Lipinski definition) is 4. The van der Waals surface area contributed by atoms with Crippen LogP contribution in [0.4, 0.5) is 0 Å². The Morgan fingerprint density at radius 2 is 1.86 bits per heavy atom. The average molecular weight is 382 g/mol. The highest BCUT2D eigenvalue weighted by molar-refractivity contribution is 5.94. The smallest absolute Gasteiger partial charge is 0.270 e. The molecule has 0 atom stereocenters. The number of amides is 1. The van der Waals surface area contributed by atoms with Gasteiger partial charge in [0, 0.05) is 32.4 Å². The van der Waals surface area contributed by atoms with E-state index in [-0.39, 0.29) is 5.91 Å². The summed E-state index contributed by atoms with van der Waals surface area (Å²) in [6, 6.07) is 21.8. The van der Waals surface area contributed by atoms with Crippen molar-refractivity contribution in [2.24, 2.45) is 0 Å². The van der Waals surface area contributed by atoms with Gasteiger partial charge in [-0.1, -0.05) is 42.5 Å². The molecule has 2 aromatic carbocycles. The molecule has 29 heavy (non-hydrogen) atoms. The molecule has 0 saturated heterocycles. The van der Waals surface area contributed by atoms with Gasteiger partial charge in [0.15, 0.2) is 0 Å². The van der Waals surface area contributed by atoms with Crippen molar-refractivity contribution in [3.05, 3.63) is 100 Å². The topological polar surface area (TPSA) is 69.0 Å². The summed E-state index contributed by atoms with van der Waals surface area (Å²) >= 11 is 0. The molecular formula is C24H22N4O. The van der Waals surface area contributed by atoms with E-state index < -0.39 is 0 Å². The second-order valence-corrected chi connectivity index (χ2v) is 7.23. The maximum atomic E-state index is 12.7. The van der Waals surface area contributed by atoms with Crippen molar-refractivity contribution in [3.63, 3.8) is 0 Å². The molecule has 4 rings (SSSR count). The monoisotopic (exact) mass is 382 g/mol. The van der Waals surface area contributed by atoms with Gasteiger partial charge in [-0.25, -0.2) is 0 Å². The first kappa shape index (κ1) is 18.9. The van der Waals surface area contributed by atoms with Crippen LogP contribution in [-0.4, -0.2) is 22.3 Å². The van der Waals surface area contributed by atoms with Crippen molar-refractivity contribution < 1.29 is 4.79 Å². The molecule has 1 aromatic heterocycles. The van der Waals surface area contributed by atoms with Gasteiger partial charge in [0.25, 0.3) is 5.91 Å². The highest BCUT2D eigenvalue weighted by Gasteiger charge is 2.22. The third kappa shape index (κ3) is 4.50. The van der Waals surface area contributed by atoms with Gasteiger partial charge in [-0.15, -0.1) is 0 Å². The highest BCUT2D eigenvalue weighted by Crippen LogP contribution is 2.22. The van der Waals surface area contributed by atoms with E-state index >= 15 is 0 Å². The van der Waals surface area contributed by atoms with Crippen LogP contribution in [0.5, 0.6) is 0 Å². The Kier molecular flexibility index (Phi) is 5.64. The van der Waals surface area contributed by atoms with Crippen LogP contribution in [-0.2, 0) is 26.1 Å². The Morgan fingerprint density at radius 3 is 2.62 bits per heavy atom. The van der Waals surface area contributed by atoms with Crippen molar-refractivity contribution in [2.45, 2.75) is 26.1 Å².